The van der Waals surface area contributed by atoms with Crippen LogP contribution in [0.1, 0.15) is 53.3 Å². The van der Waals surface area contributed by atoms with Crippen molar-refractivity contribution in [1.82, 2.24) is 24.6 Å². The van der Waals surface area contributed by atoms with Gasteiger partial charge in [-0.25, -0.2) is 14.1 Å². The number of fused-ring (bicyclic) bond motifs is 2. The minimum atomic E-state index is -1.17. The zero-order valence-corrected chi connectivity index (χ0v) is 14.7. The molecule has 5 rings (SSSR count). The maximum atomic E-state index is 14.5. The number of benzene rings is 1. The number of pyridine rings is 1. The molecule has 3 atom stereocenters. The van der Waals surface area contributed by atoms with Crippen molar-refractivity contribution in [2.75, 3.05) is 6.54 Å². The molecule has 0 saturated heterocycles. The monoisotopic (exact) mass is 365 g/mol. The Balaban J connectivity index is 1.42. The van der Waals surface area contributed by atoms with E-state index in [4.69, 9.17) is 0 Å². The van der Waals surface area contributed by atoms with Gasteiger partial charge in [-0.1, -0.05) is 36.4 Å². The molecule has 2 aliphatic heterocycles. The van der Waals surface area contributed by atoms with Gasteiger partial charge in [0.15, 0.2) is 24.0 Å². The summed E-state index contributed by atoms with van der Waals surface area (Å²) in [5.74, 6) is 0.557. The largest absolute Gasteiger partial charge is 0.371 e. The standard InChI is InChI=1S/C20H20FN5O/c21-15-11-17(14-5-2-1-3-6-14)26-19(15)23-18(24-26)20(27)25-10-8-13-7-4-9-22-16(13)12-25/h1-7,9,15,17,20,27H,8,10-12H2/t15-,17-,20?/m0/s1. The minimum Gasteiger partial charge on any atom is -0.371 e. The third-order valence-electron chi connectivity index (χ3n) is 5.45. The van der Waals surface area contributed by atoms with Crippen LogP contribution in [0.15, 0.2) is 48.7 Å². The Morgan fingerprint density at radius 2 is 2.00 bits per heavy atom. The number of hydrogen-bond acceptors (Lipinski definition) is 5. The van der Waals surface area contributed by atoms with Gasteiger partial charge in [0, 0.05) is 25.7 Å². The predicted molar refractivity (Wildman–Crippen MR) is 96.4 cm³/mol. The molecular weight excluding hydrogens is 345 g/mol. The van der Waals surface area contributed by atoms with Crippen molar-refractivity contribution in [3.8, 4) is 0 Å². The minimum absolute atomic E-state index is 0.187. The van der Waals surface area contributed by atoms with Crippen molar-refractivity contribution in [3.05, 3.63) is 77.1 Å². The van der Waals surface area contributed by atoms with Crippen LogP contribution in [0.3, 0.4) is 0 Å². The lowest BCUT2D eigenvalue weighted by Gasteiger charge is -2.30. The van der Waals surface area contributed by atoms with E-state index in [1.54, 1.807) is 10.9 Å². The molecular formula is C20H20FN5O. The highest BCUT2D eigenvalue weighted by atomic mass is 19.1. The summed E-state index contributed by atoms with van der Waals surface area (Å²) in [4.78, 5) is 10.6. The first-order chi connectivity index (χ1) is 13.2. The van der Waals surface area contributed by atoms with Gasteiger partial charge in [-0.2, -0.15) is 5.10 Å². The molecule has 0 amide bonds. The van der Waals surface area contributed by atoms with E-state index in [2.05, 4.69) is 21.1 Å². The van der Waals surface area contributed by atoms with Crippen LogP contribution in [0.2, 0.25) is 0 Å². The van der Waals surface area contributed by atoms with Crippen LogP contribution in [0, 0.1) is 0 Å². The summed E-state index contributed by atoms with van der Waals surface area (Å²) >= 11 is 0. The average Bonchev–Trinajstić information content (AvgIpc) is 3.28. The van der Waals surface area contributed by atoms with E-state index in [1.807, 2.05) is 41.3 Å². The van der Waals surface area contributed by atoms with E-state index in [0.717, 1.165) is 17.7 Å². The number of nitrogens with zero attached hydrogens (tertiary/aromatic N) is 5. The van der Waals surface area contributed by atoms with Crippen LogP contribution < -0.4 is 0 Å². The van der Waals surface area contributed by atoms with E-state index in [-0.39, 0.29) is 11.9 Å². The summed E-state index contributed by atoms with van der Waals surface area (Å²) in [6.07, 6.45) is 0.758. The van der Waals surface area contributed by atoms with Gasteiger partial charge in [0.2, 0.25) is 0 Å². The smallest absolute Gasteiger partial charge is 0.194 e. The quantitative estimate of drug-likeness (QED) is 0.773. The fourth-order valence-corrected chi connectivity index (χ4v) is 4.01. The van der Waals surface area contributed by atoms with Crippen LogP contribution in [-0.4, -0.2) is 36.3 Å². The van der Waals surface area contributed by atoms with Crippen molar-refractivity contribution < 1.29 is 9.50 Å². The van der Waals surface area contributed by atoms with Crippen molar-refractivity contribution in [2.24, 2.45) is 0 Å². The summed E-state index contributed by atoms with van der Waals surface area (Å²) in [6, 6.07) is 13.6. The maximum absolute atomic E-state index is 14.5. The highest BCUT2D eigenvalue weighted by Crippen LogP contribution is 2.40. The Hall–Kier alpha value is -2.64. The van der Waals surface area contributed by atoms with E-state index in [9.17, 15) is 9.50 Å². The third kappa shape index (κ3) is 2.83. The highest BCUT2D eigenvalue weighted by Gasteiger charge is 2.37. The number of alkyl halides is 1. The van der Waals surface area contributed by atoms with E-state index >= 15 is 0 Å². The van der Waals surface area contributed by atoms with Crippen LogP contribution >= 0.6 is 0 Å². The Kier molecular flexibility index (Phi) is 3.98. The van der Waals surface area contributed by atoms with Gasteiger partial charge in [-0.15, -0.1) is 0 Å². The Bertz CT molecular complexity index is 960. The van der Waals surface area contributed by atoms with Crippen LogP contribution in [-0.2, 0) is 13.0 Å². The number of aliphatic hydroxyl groups excluding tert-OH is 1. The summed E-state index contributed by atoms with van der Waals surface area (Å²) in [5, 5.41) is 15.3. The Labute approximate surface area is 156 Å². The molecule has 6 nitrogen and oxygen atoms in total. The zero-order chi connectivity index (χ0) is 18.4. The van der Waals surface area contributed by atoms with E-state index in [1.165, 1.54) is 5.56 Å². The maximum Gasteiger partial charge on any atom is 0.194 e. The molecule has 4 heterocycles. The molecule has 0 saturated carbocycles. The van der Waals surface area contributed by atoms with Gasteiger partial charge >= 0.3 is 0 Å². The first-order valence-electron chi connectivity index (χ1n) is 9.21. The second-order valence-corrected chi connectivity index (χ2v) is 7.11. The number of aromatic nitrogens is 4. The van der Waals surface area contributed by atoms with Crippen molar-refractivity contribution >= 4 is 0 Å². The molecule has 2 aromatic heterocycles. The molecule has 0 bridgehead atoms. The lowest BCUT2D eigenvalue weighted by atomic mass is 10.0. The summed E-state index contributed by atoms with van der Waals surface area (Å²) in [5.41, 5.74) is 3.16. The Morgan fingerprint density at radius 1 is 1.15 bits per heavy atom. The Morgan fingerprint density at radius 3 is 2.85 bits per heavy atom. The average molecular weight is 365 g/mol. The molecule has 0 fully saturated rings. The molecule has 138 valence electrons. The van der Waals surface area contributed by atoms with Crippen molar-refractivity contribution in [3.63, 3.8) is 0 Å². The lowest BCUT2D eigenvalue weighted by Crippen LogP contribution is -2.35. The molecule has 27 heavy (non-hydrogen) atoms. The molecule has 3 aromatic rings. The molecule has 0 radical (unpaired) electrons. The van der Waals surface area contributed by atoms with Crippen molar-refractivity contribution in [1.29, 1.82) is 0 Å². The third-order valence-corrected chi connectivity index (χ3v) is 5.45. The lowest BCUT2D eigenvalue weighted by molar-refractivity contribution is -0.0156. The summed E-state index contributed by atoms with van der Waals surface area (Å²) in [6.45, 7) is 1.22. The summed E-state index contributed by atoms with van der Waals surface area (Å²) in [7, 11) is 0. The topological polar surface area (TPSA) is 67.1 Å². The fraction of sp³-hybridized carbons (Fsp3) is 0.350. The van der Waals surface area contributed by atoms with Gasteiger partial charge in [0.1, 0.15) is 0 Å². The number of rotatable bonds is 3. The predicted octanol–water partition coefficient (Wildman–Crippen LogP) is 2.73. The second-order valence-electron chi connectivity index (χ2n) is 7.11. The molecule has 0 spiro atoms. The van der Waals surface area contributed by atoms with Gasteiger partial charge in [0.05, 0.1) is 11.7 Å². The number of aliphatic hydroxyl groups is 1. The molecule has 1 aromatic carbocycles. The van der Waals surface area contributed by atoms with Gasteiger partial charge < -0.3 is 5.11 Å². The van der Waals surface area contributed by atoms with E-state index in [0.29, 0.717) is 25.3 Å². The van der Waals surface area contributed by atoms with Crippen LogP contribution in [0.5, 0.6) is 0 Å². The molecule has 1 N–H and O–H groups in total. The van der Waals surface area contributed by atoms with Crippen molar-refractivity contribution in [2.45, 2.75) is 37.8 Å². The molecule has 0 aliphatic carbocycles. The fourth-order valence-electron chi connectivity index (χ4n) is 4.01. The summed E-state index contributed by atoms with van der Waals surface area (Å²) < 4.78 is 16.2. The second kappa shape index (κ2) is 6.51. The van der Waals surface area contributed by atoms with E-state index < -0.39 is 12.4 Å². The number of halogens is 1. The first kappa shape index (κ1) is 16.5. The van der Waals surface area contributed by atoms with Crippen LogP contribution in [0.25, 0.3) is 0 Å². The van der Waals surface area contributed by atoms with Gasteiger partial charge in [-0.3, -0.25) is 9.88 Å². The van der Waals surface area contributed by atoms with Gasteiger partial charge in [0.25, 0.3) is 0 Å². The molecule has 1 unspecified atom stereocenters. The molecule has 7 heteroatoms. The first-order valence-corrected chi connectivity index (χ1v) is 9.21. The highest BCUT2D eigenvalue weighted by molar-refractivity contribution is 5.25. The van der Waals surface area contributed by atoms with Gasteiger partial charge in [-0.05, 0) is 23.6 Å². The molecule has 2 aliphatic rings. The number of hydrogen-bond donors (Lipinski definition) is 1. The van der Waals surface area contributed by atoms with Crippen LogP contribution in [0.4, 0.5) is 4.39 Å². The zero-order valence-electron chi connectivity index (χ0n) is 14.7. The normalized spacial score (nSPS) is 23.0. The SMILES string of the molecule is OC(c1nc2n(n1)[C@H](c1ccccc1)C[C@@H]2F)N1CCc2cccnc2C1.